The normalized spacial score (nSPS) is 20.1. The molecule has 0 amide bonds. The van der Waals surface area contributed by atoms with Gasteiger partial charge in [0.05, 0.1) is 10.9 Å². The van der Waals surface area contributed by atoms with Crippen LogP contribution >= 0.6 is 0 Å². The summed E-state index contributed by atoms with van der Waals surface area (Å²) in [6, 6.07) is 13.1. The topological polar surface area (TPSA) is 30.0 Å². The third-order valence-electron chi connectivity index (χ3n) is 5.99. The zero-order valence-electron chi connectivity index (χ0n) is 16.1. The van der Waals surface area contributed by atoms with Gasteiger partial charge in [-0.1, -0.05) is 50.3 Å². The molecule has 0 fully saturated rings. The SMILES string of the molecule is CC1(C)CC(=O)c2c(ccc3nc4c(cc23)=CCC(c2ccccc2F)C=4)C1. The molecule has 2 aliphatic rings. The first-order valence-electron chi connectivity index (χ1n) is 9.84. The van der Waals surface area contributed by atoms with E-state index in [9.17, 15) is 9.18 Å². The molecule has 1 unspecified atom stereocenters. The van der Waals surface area contributed by atoms with Crippen molar-refractivity contribution < 1.29 is 9.18 Å². The molecule has 140 valence electrons. The highest BCUT2D eigenvalue weighted by Gasteiger charge is 2.32. The molecule has 0 spiro atoms. The Morgan fingerprint density at radius 1 is 1.11 bits per heavy atom. The van der Waals surface area contributed by atoms with Crippen molar-refractivity contribution in [1.82, 2.24) is 4.98 Å². The molecule has 0 bridgehead atoms. The predicted molar refractivity (Wildman–Crippen MR) is 110 cm³/mol. The van der Waals surface area contributed by atoms with Gasteiger partial charge in [-0.2, -0.15) is 0 Å². The lowest BCUT2D eigenvalue weighted by molar-refractivity contribution is 0.0914. The number of rotatable bonds is 1. The fourth-order valence-corrected chi connectivity index (χ4v) is 4.70. The summed E-state index contributed by atoms with van der Waals surface area (Å²) in [7, 11) is 0. The van der Waals surface area contributed by atoms with Crippen molar-refractivity contribution in [3.05, 3.63) is 75.5 Å². The van der Waals surface area contributed by atoms with E-state index in [0.29, 0.717) is 12.0 Å². The molecule has 28 heavy (non-hydrogen) atoms. The molecule has 1 heterocycles. The van der Waals surface area contributed by atoms with Crippen LogP contribution in [0.2, 0.25) is 0 Å². The number of ketones is 1. The number of fused-ring (bicyclic) bond motifs is 4. The quantitative estimate of drug-likeness (QED) is 0.639. The van der Waals surface area contributed by atoms with Crippen LogP contribution < -0.4 is 10.6 Å². The molecule has 2 aromatic carbocycles. The van der Waals surface area contributed by atoms with E-state index in [1.807, 2.05) is 18.2 Å². The number of pyridine rings is 1. The van der Waals surface area contributed by atoms with Crippen LogP contribution in [0.4, 0.5) is 4.39 Å². The van der Waals surface area contributed by atoms with Crippen molar-refractivity contribution in [3.8, 4) is 0 Å². The number of carbonyl (C=O) groups excluding carboxylic acids is 1. The molecule has 2 nitrogen and oxygen atoms in total. The molecule has 0 N–H and O–H groups in total. The van der Waals surface area contributed by atoms with Crippen LogP contribution in [0.5, 0.6) is 0 Å². The van der Waals surface area contributed by atoms with E-state index in [1.54, 1.807) is 6.07 Å². The lowest BCUT2D eigenvalue weighted by atomic mass is 9.73. The molecule has 3 aromatic rings. The number of nitrogens with zero attached hydrogens (tertiary/aromatic N) is 1. The Labute approximate surface area is 163 Å². The Balaban J connectivity index is 1.68. The van der Waals surface area contributed by atoms with Crippen molar-refractivity contribution in [2.24, 2.45) is 5.41 Å². The standard InChI is InChI=1S/C25H22FNO/c1-25(2)13-17-9-10-21-19(24(17)23(28)14-25)11-16-8-7-15(12-22(16)27-21)18-5-3-4-6-20(18)26/h3-6,8-12,15H,7,13-14H2,1-2H3. The Morgan fingerprint density at radius 3 is 2.75 bits per heavy atom. The van der Waals surface area contributed by atoms with Crippen LogP contribution in [0.3, 0.4) is 0 Å². The van der Waals surface area contributed by atoms with Crippen molar-refractivity contribution in [2.75, 3.05) is 0 Å². The van der Waals surface area contributed by atoms with Crippen LogP contribution in [0.1, 0.15) is 54.1 Å². The molecule has 3 heteroatoms. The Kier molecular flexibility index (Phi) is 3.77. The fourth-order valence-electron chi connectivity index (χ4n) is 4.70. The predicted octanol–water partition coefficient (Wildman–Crippen LogP) is 4.28. The summed E-state index contributed by atoms with van der Waals surface area (Å²) in [5.74, 6) is 0.0185. The van der Waals surface area contributed by atoms with Gasteiger partial charge in [0, 0.05) is 23.3 Å². The Hall–Kier alpha value is -2.81. The van der Waals surface area contributed by atoms with Crippen LogP contribution in [-0.4, -0.2) is 10.8 Å². The first kappa shape index (κ1) is 17.3. The number of hydrogen-bond acceptors (Lipinski definition) is 2. The van der Waals surface area contributed by atoms with Crippen molar-refractivity contribution >= 4 is 28.8 Å². The maximum Gasteiger partial charge on any atom is 0.164 e. The third kappa shape index (κ3) is 2.77. The largest absolute Gasteiger partial charge is 0.294 e. The molecule has 1 aromatic heterocycles. The highest BCUT2D eigenvalue weighted by atomic mass is 19.1. The minimum atomic E-state index is -0.177. The molecule has 0 saturated carbocycles. The average Bonchev–Trinajstić information content (AvgIpc) is 2.65. The van der Waals surface area contributed by atoms with E-state index < -0.39 is 0 Å². The van der Waals surface area contributed by atoms with E-state index in [2.05, 4.69) is 38.1 Å². The Morgan fingerprint density at radius 2 is 1.93 bits per heavy atom. The lowest BCUT2D eigenvalue weighted by Gasteiger charge is -2.30. The summed E-state index contributed by atoms with van der Waals surface area (Å²) in [6.07, 6.45) is 6.39. The summed E-state index contributed by atoms with van der Waals surface area (Å²) in [4.78, 5) is 17.7. The van der Waals surface area contributed by atoms with Gasteiger partial charge >= 0.3 is 0 Å². The minimum absolute atomic E-state index is 0.00623. The maximum absolute atomic E-state index is 14.2. The maximum atomic E-state index is 14.2. The molecule has 0 saturated heterocycles. The molecular weight excluding hydrogens is 349 g/mol. The van der Waals surface area contributed by atoms with E-state index in [1.165, 1.54) is 6.07 Å². The second kappa shape index (κ2) is 6.10. The lowest BCUT2D eigenvalue weighted by Crippen LogP contribution is -2.33. The second-order valence-corrected chi connectivity index (χ2v) is 8.80. The smallest absolute Gasteiger partial charge is 0.164 e. The number of halogens is 1. The van der Waals surface area contributed by atoms with Gasteiger partial charge in [-0.25, -0.2) is 9.37 Å². The second-order valence-electron chi connectivity index (χ2n) is 8.80. The first-order chi connectivity index (χ1) is 13.4. The molecule has 1 atom stereocenters. The summed E-state index contributed by atoms with van der Waals surface area (Å²) in [6.45, 7) is 4.30. The van der Waals surface area contributed by atoms with Gasteiger partial charge in [0.2, 0.25) is 0 Å². The van der Waals surface area contributed by atoms with Gasteiger partial charge in [0.1, 0.15) is 5.82 Å². The summed E-state index contributed by atoms with van der Waals surface area (Å²) < 4.78 is 14.2. The number of benzene rings is 2. The van der Waals surface area contributed by atoms with Crippen LogP contribution in [0.15, 0.2) is 42.5 Å². The first-order valence-corrected chi connectivity index (χ1v) is 9.84. The zero-order chi connectivity index (χ0) is 19.5. The van der Waals surface area contributed by atoms with Crippen LogP contribution in [-0.2, 0) is 6.42 Å². The summed E-state index contributed by atoms with van der Waals surface area (Å²) >= 11 is 0. The monoisotopic (exact) mass is 371 g/mol. The van der Waals surface area contributed by atoms with Crippen LogP contribution in [0, 0.1) is 11.2 Å². The number of Topliss-reactive ketones (excluding diaryl/α,β-unsaturated/α-hetero) is 1. The highest BCUT2D eigenvalue weighted by molar-refractivity contribution is 6.09. The minimum Gasteiger partial charge on any atom is -0.294 e. The molecule has 0 aliphatic heterocycles. The number of aromatic nitrogens is 1. The van der Waals surface area contributed by atoms with E-state index in [-0.39, 0.29) is 22.9 Å². The van der Waals surface area contributed by atoms with Gasteiger partial charge in [-0.05, 0) is 52.8 Å². The van der Waals surface area contributed by atoms with Crippen molar-refractivity contribution in [1.29, 1.82) is 0 Å². The Bertz CT molecular complexity index is 1260. The molecular formula is C25H22FNO. The zero-order valence-corrected chi connectivity index (χ0v) is 16.1. The van der Waals surface area contributed by atoms with Gasteiger partial charge in [-0.3, -0.25) is 4.79 Å². The molecule has 2 aliphatic carbocycles. The van der Waals surface area contributed by atoms with Gasteiger partial charge in [0.15, 0.2) is 5.78 Å². The van der Waals surface area contributed by atoms with E-state index >= 15 is 0 Å². The van der Waals surface area contributed by atoms with Gasteiger partial charge < -0.3 is 0 Å². The van der Waals surface area contributed by atoms with Crippen molar-refractivity contribution in [2.45, 2.75) is 39.0 Å². The average molecular weight is 371 g/mol. The molecule has 0 radical (unpaired) electrons. The van der Waals surface area contributed by atoms with Gasteiger partial charge in [0.25, 0.3) is 0 Å². The van der Waals surface area contributed by atoms with E-state index in [0.717, 1.165) is 45.4 Å². The van der Waals surface area contributed by atoms with Gasteiger partial charge in [-0.15, -0.1) is 0 Å². The summed E-state index contributed by atoms with van der Waals surface area (Å²) in [5, 5.41) is 2.85. The molecule has 5 rings (SSSR count). The number of carbonyl (C=O) groups is 1. The van der Waals surface area contributed by atoms with E-state index in [4.69, 9.17) is 4.98 Å². The van der Waals surface area contributed by atoms with Crippen molar-refractivity contribution in [3.63, 3.8) is 0 Å². The third-order valence-corrected chi connectivity index (χ3v) is 5.99. The summed E-state index contributed by atoms with van der Waals surface area (Å²) in [5.41, 5.74) is 3.52. The fraction of sp³-hybridized carbons (Fsp3) is 0.280. The highest BCUT2D eigenvalue weighted by Crippen LogP contribution is 2.37. The number of hydrogen-bond donors (Lipinski definition) is 0. The van der Waals surface area contributed by atoms with Crippen LogP contribution in [0.25, 0.3) is 23.1 Å².